The molecule has 0 saturated carbocycles. The van der Waals surface area contributed by atoms with Gasteiger partial charge in [0.25, 0.3) is 0 Å². The van der Waals surface area contributed by atoms with Crippen LogP contribution in [0.1, 0.15) is 246 Å². The van der Waals surface area contributed by atoms with Crippen molar-refractivity contribution in [3.63, 3.8) is 0 Å². The molecule has 8 nitrogen and oxygen atoms in total. The molecule has 60 heavy (non-hydrogen) atoms. The van der Waals surface area contributed by atoms with Crippen LogP contribution in [0.3, 0.4) is 0 Å². The molecule has 1 N–H and O–H groups in total. The number of unbranched alkanes of at least 4 members (excludes halogenated alkanes) is 28. The van der Waals surface area contributed by atoms with Crippen molar-refractivity contribution in [1.29, 1.82) is 0 Å². The quantitative estimate of drug-likeness (QED) is 0.0479. The lowest BCUT2D eigenvalue weighted by atomic mass is 10.1. The van der Waals surface area contributed by atoms with Gasteiger partial charge in [-0.25, -0.2) is 0 Å². The van der Waals surface area contributed by atoms with Crippen molar-refractivity contribution in [3.05, 3.63) is 0 Å². The zero-order valence-corrected chi connectivity index (χ0v) is 40.9. The summed E-state index contributed by atoms with van der Waals surface area (Å²) >= 11 is 0. The molecule has 0 aliphatic rings. The van der Waals surface area contributed by atoms with E-state index in [1.165, 1.54) is 205 Å². The van der Waals surface area contributed by atoms with Gasteiger partial charge >= 0.3 is 11.9 Å². The van der Waals surface area contributed by atoms with E-state index >= 15 is 0 Å². The van der Waals surface area contributed by atoms with E-state index in [0.717, 1.165) is 39.3 Å². The summed E-state index contributed by atoms with van der Waals surface area (Å²) in [5.74, 6) is -0.402. The number of aliphatic hydroxyl groups excluding tert-OH is 1. The number of aliphatic hydroxyl groups is 1. The predicted molar refractivity (Wildman–Crippen MR) is 258 cm³/mol. The van der Waals surface area contributed by atoms with E-state index in [1.807, 2.05) is 4.90 Å². The molecule has 0 spiro atoms. The summed E-state index contributed by atoms with van der Waals surface area (Å²) < 4.78 is 11.4. The molecular weight excluding hydrogens is 747 g/mol. The Morgan fingerprint density at radius 2 is 0.550 bits per heavy atom. The number of rotatable bonds is 50. The molecule has 0 bridgehead atoms. The normalized spacial score (nSPS) is 11.7. The second-order valence-corrected chi connectivity index (χ2v) is 18.1. The number of ether oxygens (including phenoxy) is 2. The van der Waals surface area contributed by atoms with Gasteiger partial charge in [0.05, 0.1) is 19.4 Å². The second-order valence-electron chi connectivity index (χ2n) is 18.1. The maximum Gasteiger partial charge on any atom is 0.307 e. The number of carbonyl (C=O) groups excluding carboxylic acids is 2. The minimum atomic E-state index is -0.201. The largest absolute Gasteiger partial charge is 0.464 e. The lowest BCUT2D eigenvalue weighted by Crippen LogP contribution is -2.34. The highest BCUT2D eigenvalue weighted by Crippen LogP contribution is 2.14. The standard InChI is InChI=1S/C52H105N3O5/c1-5-9-13-17-21-25-29-33-39-53(40-34-30-26-22-18-14-10-6-2)46-49-59-51(57)37-43-55(45-48-56)44-38-52(58)60-50-47-54(41-35-31-27-23-19-15-11-7-3)42-36-32-28-24-20-16-12-8-4/h56H,5-50H2,1-4H3. The molecule has 0 atom stereocenters. The van der Waals surface area contributed by atoms with Crippen LogP contribution < -0.4 is 0 Å². The minimum Gasteiger partial charge on any atom is -0.464 e. The summed E-state index contributed by atoms with van der Waals surface area (Å²) in [4.78, 5) is 32.6. The first-order valence-corrected chi connectivity index (χ1v) is 26.6. The van der Waals surface area contributed by atoms with E-state index < -0.39 is 0 Å². The molecule has 0 heterocycles. The van der Waals surface area contributed by atoms with E-state index in [1.54, 1.807) is 0 Å². The highest BCUT2D eigenvalue weighted by atomic mass is 16.5. The zero-order chi connectivity index (χ0) is 43.8. The minimum absolute atomic E-state index is 0.0109. The predicted octanol–water partition coefficient (Wildman–Crippen LogP) is 13.3. The van der Waals surface area contributed by atoms with Gasteiger partial charge in [-0.15, -0.1) is 0 Å². The number of nitrogens with zero attached hydrogens (tertiary/aromatic N) is 3. The third kappa shape index (κ3) is 43.4. The van der Waals surface area contributed by atoms with Crippen molar-refractivity contribution < 1.29 is 24.2 Å². The molecule has 0 aromatic rings. The van der Waals surface area contributed by atoms with Crippen LogP contribution in [-0.2, 0) is 19.1 Å². The van der Waals surface area contributed by atoms with Crippen molar-refractivity contribution >= 4 is 11.9 Å². The number of hydrogen-bond acceptors (Lipinski definition) is 8. The van der Waals surface area contributed by atoms with E-state index in [9.17, 15) is 14.7 Å². The maximum absolute atomic E-state index is 12.8. The van der Waals surface area contributed by atoms with Crippen LogP contribution in [-0.4, -0.2) is 110 Å². The Labute approximate surface area is 374 Å². The number of esters is 2. The van der Waals surface area contributed by atoms with Crippen LogP contribution in [0.25, 0.3) is 0 Å². The summed E-state index contributed by atoms with van der Waals surface area (Å²) in [6, 6.07) is 0. The Hall–Kier alpha value is -1.22. The fourth-order valence-corrected chi connectivity index (χ4v) is 8.25. The second kappa shape index (κ2) is 48.8. The summed E-state index contributed by atoms with van der Waals surface area (Å²) in [5.41, 5.74) is 0. The van der Waals surface area contributed by atoms with Crippen molar-refractivity contribution in [1.82, 2.24) is 14.7 Å². The summed E-state index contributed by atoms with van der Waals surface area (Å²) in [6.45, 7) is 17.2. The first-order chi connectivity index (χ1) is 29.5. The Bertz CT molecular complexity index is 771. The highest BCUT2D eigenvalue weighted by Gasteiger charge is 2.14. The zero-order valence-electron chi connectivity index (χ0n) is 40.9. The van der Waals surface area contributed by atoms with Gasteiger partial charge in [-0.1, -0.05) is 207 Å². The van der Waals surface area contributed by atoms with Crippen molar-refractivity contribution in [2.75, 3.05) is 78.7 Å². The third-order valence-electron chi connectivity index (χ3n) is 12.3. The third-order valence-corrected chi connectivity index (χ3v) is 12.3. The Morgan fingerprint density at radius 3 is 0.800 bits per heavy atom. The maximum atomic E-state index is 12.8. The van der Waals surface area contributed by atoms with Crippen molar-refractivity contribution in [2.45, 2.75) is 246 Å². The summed E-state index contributed by atoms with van der Waals surface area (Å²) in [7, 11) is 0. The highest BCUT2D eigenvalue weighted by molar-refractivity contribution is 5.70. The van der Waals surface area contributed by atoms with Crippen LogP contribution in [0.2, 0.25) is 0 Å². The monoisotopic (exact) mass is 852 g/mol. The van der Waals surface area contributed by atoms with Crippen molar-refractivity contribution in [2.24, 2.45) is 0 Å². The summed E-state index contributed by atoms with van der Waals surface area (Å²) in [5, 5.41) is 9.70. The average molecular weight is 852 g/mol. The molecule has 0 aromatic heterocycles. The Morgan fingerprint density at radius 1 is 0.317 bits per heavy atom. The SMILES string of the molecule is CCCCCCCCCCN(CCCCCCCCCC)CCOC(=O)CCN(CCO)CCC(=O)OCCN(CCCCCCCCCC)CCCCCCCCCC. The van der Waals surface area contributed by atoms with Crippen LogP contribution in [0.15, 0.2) is 0 Å². The van der Waals surface area contributed by atoms with Gasteiger partial charge in [-0.05, 0) is 51.9 Å². The van der Waals surface area contributed by atoms with Gasteiger partial charge in [0.1, 0.15) is 13.2 Å². The first kappa shape index (κ1) is 58.8. The van der Waals surface area contributed by atoms with Crippen LogP contribution in [0.5, 0.6) is 0 Å². The van der Waals surface area contributed by atoms with E-state index in [-0.39, 0.29) is 31.4 Å². The Balaban J connectivity index is 4.62. The van der Waals surface area contributed by atoms with Gasteiger partial charge in [0.2, 0.25) is 0 Å². The first-order valence-electron chi connectivity index (χ1n) is 26.6. The summed E-state index contributed by atoms with van der Waals surface area (Å²) in [6.07, 6.45) is 42.8. The van der Waals surface area contributed by atoms with E-state index in [4.69, 9.17) is 9.47 Å². The molecule has 0 amide bonds. The smallest absolute Gasteiger partial charge is 0.307 e. The topological polar surface area (TPSA) is 82.6 Å². The fourth-order valence-electron chi connectivity index (χ4n) is 8.25. The average Bonchev–Trinajstić information content (AvgIpc) is 3.25. The fraction of sp³-hybridized carbons (Fsp3) is 0.962. The molecule has 0 saturated heterocycles. The molecule has 0 aromatic carbocycles. The van der Waals surface area contributed by atoms with E-state index in [0.29, 0.717) is 32.8 Å². The van der Waals surface area contributed by atoms with Crippen LogP contribution >= 0.6 is 0 Å². The van der Waals surface area contributed by atoms with Crippen molar-refractivity contribution in [3.8, 4) is 0 Å². The molecule has 8 heteroatoms. The Kier molecular flexibility index (Phi) is 47.8. The molecule has 0 unspecified atom stereocenters. The lowest BCUT2D eigenvalue weighted by Gasteiger charge is -2.23. The van der Waals surface area contributed by atoms with Crippen LogP contribution in [0.4, 0.5) is 0 Å². The molecule has 0 fully saturated rings. The molecule has 0 aliphatic carbocycles. The molecule has 0 rings (SSSR count). The van der Waals surface area contributed by atoms with Gasteiger partial charge in [-0.3, -0.25) is 24.3 Å². The molecule has 0 aliphatic heterocycles. The van der Waals surface area contributed by atoms with Gasteiger partial charge in [0.15, 0.2) is 0 Å². The lowest BCUT2D eigenvalue weighted by molar-refractivity contribution is -0.144. The molecule has 358 valence electrons. The molecule has 0 radical (unpaired) electrons. The number of carbonyl (C=O) groups is 2. The van der Waals surface area contributed by atoms with Gasteiger partial charge in [-0.2, -0.15) is 0 Å². The van der Waals surface area contributed by atoms with E-state index in [2.05, 4.69) is 37.5 Å². The number of hydrogen-bond donors (Lipinski definition) is 1. The molecular formula is C52H105N3O5. The van der Waals surface area contributed by atoms with Crippen LogP contribution in [0, 0.1) is 0 Å². The van der Waals surface area contributed by atoms with Gasteiger partial charge in [0, 0.05) is 32.7 Å². The van der Waals surface area contributed by atoms with Gasteiger partial charge < -0.3 is 14.6 Å².